The number of aromatic nitrogens is 5. The number of carbonyl (C=O) groups is 1. The summed E-state index contributed by atoms with van der Waals surface area (Å²) in [5.74, 6) is -0.404. The van der Waals surface area contributed by atoms with Crippen LogP contribution >= 0.6 is 12.2 Å². The van der Waals surface area contributed by atoms with Crippen LogP contribution < -0.4 is 5.32 Å². The van der Waals surface area contributed by atoms with Crippen LogP contribution in [-0.2, 0) is 12.7 Å². The number of rotatable bonds is 5. The molecule has 3 aromatic rings. The molecule has 0 atom stereocenters. The summed E-state index contributed by atoms with van der Waals surface area (Å²) in [5.41, 5.74) is -0.806. The maximum atomic E-state index is 13.8. The molecule has 1 aliphatic rings. The topological polar surface area (TPSA) is 80.5 Å². The van der Waals surface area contributed by atoms with E-state index in [-0.39, 0.29) is 18.3 Å². The highest BCUT2D eigenvalue weighted by Crippen LogP contribution is 2.36. The van der Waals surface area contributed by atoms with Crippen LogP contribution in [0.1, 0.15) is 46.3 Å². The number of nitrogens with one attached hydrogen (secondary N) is 2. The van der Waals surface area contributed by atoms with Gasteiger partial charge in [-0.1, -0.05) is 18.2 Å². The highest BCUT2D eigenvalue weighted by atomic mass is 32.1. The number of H-pyrrole nitrogens is 1. The molecule has 0 saturated heterocycles. The van der Waals surface area contributed by atoms with Gasteiger partial charge in [-0.05, 0) is 43.6 Å². The van der Waals surface area contributed by atoms with Crippen molar-refractivity contribution in [3.8, 4) is 5.69 Å². The second-order valence-corrected chi connectivity index (χ2v) is 7.22. The molecule has 0 spiro atoms. The van der Waals surface area contributed by atoms with Crippen molar-refractivity contribution < 1.29 is 18.0 Å². The summed E-state index contributed by atoms with van der Waals surface area (Å²) in [6.45, 7) is 1.63. The summed E-state index contributed by atoms with van der Waals surface area (Å²) >= 11 is 5.17. The van der Waals surface area contributed by atoms with Crippen molar-refractivity contribution in [3.05, 3.63) is 57.9 Å². The Bertz CT molecular complexity index is 1130. The zero-order valence-corrected chi connectivity index (χ0v) is 16.1. The molecule has 152 valence electrons. The molecular weight excluding hydrogens is 405 g/mol. The normalized spacial score (nSPS) is 14.2. The second-order valence-electron chi connectivity index (χ2n) is 6.83. The first-order valence-corrected chi connectivity index (χ1v) is 9.33. The summed E-state index contributed by atoms with van der Waals surface area (Å²) in [4.78, 5) is 12.6. The maximum Gasteiger partial charge on any atom is 0.434 e. The Morgan fingerprint density at radius 3 is 2.72 bits per heavy atom. The average Bonchev–Trinajstić information content (AvgIpc) is 3.27. The number of hydrogen-bond acceptors (Lipinski definition) is 4. The Kier molecular flexibility index (Phi) is 4.77. The van der Waals surface area contributed by atoms with Crippen molar-refractivity contribution in [3.63, 3.8) is 0 Å². The van der Waals surface area contributed by atoms with E-state index in [1.807, 2.05) is 0 Å². The monoisotopic (exact) mass is 422 g/mol. The van der Waals surface area contributed by atoms with E-state index in [9.17, 15) is 18.0 Å². The van der Waals surface area contributed by atoms with E-state index < -0.39 is 23.3 Å². The van der Waals surface area contributed by atoms with Crippen molar-refractivity contribution in [2.24, 2.45) is 0 Å². The Morgan fingerprint density at radius 2 is 2.07 bits per heavy atom. The number of para-hydroxylation sites is 1. The van der Waals surface area contributed by atoms with Gasteiger partial charge in [0.25, 0.3) is 5.91 Å². The molecule has 29 heavy (non-hydrogen) atoms. The minimum absolute atomic E-state index is 0.0463. The van der Waals surface area contributed by atoms with Gasteiger partial charge in [-0.25, -0.2) is 4.68 Å². The van der Waals surface area contributed by atoms with Crippen molar-refractivity contribution in [2.45, 2.75) is 38.5 Å². The molecule has 1 saturated carbocycles. The Labute approximate surface area is 168 Å². The van der Waals surface area contributed by atoms with Gasteiger partial charge in [-0.2, -0.15) is 23.4 Å². The fraction of sp³-hybridized carbons (Fsp3) is 0.333. The molecule has 4 rings (SSSR count). The number of benzene rings is 1. The van der Waals surface area contributed by atoms with Crippen molar-refractivity contribution >= 4 is 18.1 Å². The Morgan fingerprint density at radius 1 is 1.34 bits per heavy atom. The fourth-order valence-electron chi connectivity index (χ4n) is 3.20. The van der Waals surface area contributed by atoms with Crippen LogP contribution in [0.2, 0.25) is 0 Å². The summed E-state index contributed by atoms with van der Waals surface area (Å²) < 4.78 is 44.3. The lowest BCUT2D eigenvalue weighted by Gasteiger charge is -2.14. The van der Waals surface area contributed by atoms with Crippen LogP contribution in [0.4, 0.5) is 13.2 Å². The summed E-state index contributed by atoms with van der Waals surface area (Å²) in [7, 11) is 0. The molecule has 0 bridgehead atoms. The fourth-order valence-corrected chi connectivity index (χ4v) is 3.50. The van der Waals surface area contributed by atoms with Crippen LogP contribution in [-0.4, -0.2) is 30.5 Å². The smallest absolute Gasteiger partial charge is 0.345 e. The number of amides is 1. The van der Waals surface area contributed by atoms with Gasteiger partial charge in [-0.15, -0.1) is 0 Å². The molecule has 2 aromatic heterocycles. The van der Waals surface area contributed by atoms with E-state index in [1.165, 1.54) is 6.07 Å². The third-order valence-electron chi connectivity index (χ3n) is 4.72. The van der Waals surface area contributed by atoms with E-state index in [2.05, 4.69) is 20.6 Å². The molecule has 1 fully saturated rings. The van der Waals surface area contributed by atoms with Crippen molar-refractivity contribution in [1.82, 2.24) is 29.9 Å². The second kappa shape index (κ2) is 7.14. The van der Waals surface area contributed by atoms with Gasteiger partial charge in [0.2, 0.25) is 0 Å². The van der Waals surface area contributed by atoms with Crippen LogP contribution in [0.5, 0.6) is 0 Å². The van der Waals surface area contributed by atoms with E-state index in [0.29, 0.717) is 16.2 Å². The van der Waals surface area contributed by atoms with E-state index in [0.717, 1.165) is 23.7 Å². The van der Waals surface area contributed by atoms with E-state index >= 15 is 0 Å². The predicted octanol–water partition coefficient (Wildman–Crippen LogP) is 3.72. The number of aromatic amines is 1. The molecular formula is C18H17F3N6OS. The lowest BCUT2D eigenvalue weighted by Crippen LogP contribution is -2.27. The van der Waals surface area contributed by atoms with Crippen molar-refractivity contribution in [1.29, 1.82) is 0 Å². The zero-order chi connectivity index (χ0) is 20.8. The van der Waals surface area contributed by atoms with Crippen LogP contribution in [0.25, 0.3) is 5.69 Å². The Hall–Kier alpha value is -2.95. The van der Waals surface area contributed by atoms with Gasteiger partial charge in [-0.3, -0.25) is 14.5 Å². The maximum absolute atomic E-state index is 13.8. The van der Waals surface area contributed by atoms with Crippen LogP contribution in [0.15, 0.2) is 30.5 Å². The third-order valence-corrected chi connectivity index (χ3v) is 5.01. The van der Waals surface area contributed by atoms with Gasteiger partial charge in [0.1, 0.15) is 0 Å². The number of alkyl halides is 3. The van der Waals surface area contributed by atoms with E-state index in [1.54, 1.807) is 29.7 Å². The summed E-state index contributed by atoms with van der Waals surface area (Å²) in [6.07, 6.45) is -1.92. The number of aryl methyl sites for hydroxylation is 1. The standard InChI is InChI=1S/C18H17F3N6OS/c1-10-4-2-3-5-13(10)27-15(18(19,20)21)12(8-23-27)16(28)22-9-14-24-25-17(29)26(14)11-6-7-11/h2-5,8,11H,6-7,9H2,1H3,(H,22,28)(H,25,29). The molecule has 1 amide bonds. The van der Waals surface area contributed by atoms with Gasteiger partial charge in [0.15, 0.2) is 16.3 Å². The zero-order valence-electron chi connectivity index (χ0n) is 15.3. The quantitative estimate of drug-likeness (QED) is 0.614. The summed E-state index contributed by atoms with van der Waals surface area (Å²) in [5, 5.41) is 13.1. The first-order chi connectivity index (χ1) is 13.8. The highest BCUT2D eigenvalue weighted by molar-refractivity contribution is 7.71. The van der Waals surface area contributed by atoms with Crippen LogP contribution in [0.3, 0.4) is 0 Å². The third kappa shape index (κ3) is 3.69. The number of halogens is 3. The highest BCUT2D eigenvalue weighted by Gasteiger charge is 2.40. The molecule has 2 N–H and O–H groups in total. The molecule has 7 nitrogen and oxygen atoms in total. The van der Waals surface area contributed by atoms with Gasteiger partial charge in [0, 0.05) is 6.04 Å². The lowest BCUT2D eigenvalue weighted by molar-refractivity contribution is -0.143. The SMILES string of the molecule is Cc1ccccc1-n1ncc(C(=O)NCc2n[nH]c(=S)n2C2CC2)c1C(F)(F)F. The first-order valence-electron chi connectivity index (χ1n) is 8.92. The van der Waals surface area contributed by atoms with Crippen LogP contribution in [0, 0.1) is 11.7 Å². The minimum Gasteiger partial charge on any atom is -0.345 e. The number of carbonyl (C=O) groups excluding carboxylic acids is 1. The predicted molar refractivity (Wildman–Crippen MR) is 100 cm³/mol. The minimum atomic E-state index is -4.76. The first kappa shape index (κ1) is 19.4. The molecule has 0 unspecified atom stereocenters. The van der Waals surface area contributed by atoms with Gasteiger partial charge >= 0.3 is 6.18 Å². The molecule has 1 aliphatic carbocycles. The van der Waals surface area contributed by atoms with Gasteiger partial charge in [0.05, 0.1) is 24.0 Å². The van der Waals surface area contributed by atoms with E-state index in [4.69, 9.17) is 12.2 Å². The van der Waals surface area contributed by atoms with Crippen molar-refractivity contribution in [2.75, 3.05) is 0 Å². The summed E-state index contributed by atoms with van der Waals surface area (Å²) in [6, 6.07) is 6.76. The van der Waals surface area contributed by atoms with Gasteiger partial charge < -0.3 is 5.32 Å². The average molecular weight is 422 g/mol. The number of nitrogens with zero attached hydrogens (tertiary/aromatic N) is 4. The molecule has 11 heteroatoms. The molecule has 1 aromatic carbocycles. The lowest BCUT2D eigenvalue weighted by atomic mass is 10.1. The molecule has 2 heterocycles. The largest absolute Gasteiger partial charge is 0.434 e. The number of hydrogen-bond donors (Lipinski definition) is 2. The molecule has 0 aliphatic heterocycles. The Balaban J connectivity index is 1.64. The molecule has 0 radical (unpaired) electrons.